The summed E-state index contributed by atoms with van der Waals surface area (Å²) >= 11 is 3.30. The van der Waals surface area contributed by atoms with E-state index in [1.54, 1.807) is 12.1 Å². The zero-order valence-corrected chi connectivity index (χ0v) is 9.62. The summed E-state index contributed by atoms with van der Waals surface area (Å²) in [6, 6.07) is 7.21. The lowest BCUT2D eigenvalue weighted by molar-refractivity contribution is 0.0875. The van der Waals surface area contributed by atoms with Gasteiger partial charge in [-0.15, -0.1) is 0 Å². The van der Waals surface area contributed by atoms with Gasteiger partial charge in [0.2, 0.25) is 0 Å². The number of halogens is 1. The van der Waals surface area contributed by atoms with Crippen molar-refractivity contribution in [2.75, 3.05) is 0 Å². The molecule has 1 unspecified atom stereocenters. The van der Waals surface area contributed by atoms with Gasteiger partial charge in [-0.1, -0.05) is 35.0 Å². The van der Waals surface area contributed by atoms with Crippen LogP contribution in [0.2, 0.25) is 0 Å². The molecule has 14 heavy (non-hydrogen) atoms. The molecular weight excluding hydrogens is 244 g/mol. The van der Waals surface area contributed by atoms with E-state index in [0.29, 0.717) is 12.0 Å². The van der Waals surface area contributed by atoms with Crippen LogP contribution in [0.5, 0.6) is 0 Å². The van der Waals surface area contributed by atoms with Crippen LogP contribution in [0.4, 0.5) is 0 Å². The quantitative estimate of drug-likeness (QED) is 0.842. The SMILES string of the molecule is CCC(O)CC(=O)c1cccc(Br)c1. The monoisotopic (exact) mass is 256 g/mol. The third-order valence-corrected chi connectivity index (χ3v) is 2.53. The molecule has 3 heteroatoms. The fraction of sp³-hybridized carbons (Fsp3) is 0.364. The minimum atomic E-state index is -0.526. The number of carbonyl (C=O) groups excluding carboxylic acids is 1. The van der Waals surface area contributed by atoms with Crippen molar-refractivity contribution in [3.05, 3.63) is 34.3 Å². The van der Waals surface area contributed by atoms with E-state index in [0.717, 1.165) is 4.47 Å². The molecule has 0 bridgehead atoms. The molecular formula is C11H13BrO2. The summed E-state index contributed by atoms with van der Waals surface area (Å²) in [6.45, 7) is 1.86. The Labute approximate surface area is 92.1 Å². The van der Waals surface area contributed by atoms with Gasteiger partial charge in [0.15, 0.2) is 5.78 Å². The molecule has 1 aromatic carbocycles. The van der Waals surface area contributed by atoms with Gasteiger partial charge in [-0.25, -0.2) is 0 Å². The highest BCUT2D eigenvalue weighted by Gasteiger charge is 2.10. The van der Waals surface area contributed by atoms with E-state index in [2.05, 4.69) is 15.9 Å². The molecule has 0 amide bonds. The molecule has 0 saturated heterocycles. The molecule has 0 aromatic heterocycles. The molecule has 1 rings (SSSR count). The van der Waals surface area contributed by atoms with Crippen LogP contribution >= 0.6 is 15.9 Å². The molecule has 2 nitrogen and oxygen atoms in total. The van der Waals surface area contributed by atoms with Gasteiger partial charge in [-0.05, 0) is 18.6 Å². The topological polar surface area (TPSA) is 37.3 Å². The highest BCUT2D eigenvalue weighted by Crippen LogP contribution is 2.14. The van der Waals surface area contributed by atoms with Crippen LogP contribution in [0.15, 0.2) is 28.7 Å². The number of aliphatic hydroxyl groups is 1. The average molecular weight is 257 g/mol. The number of carbonyl (C=O) groups is 1. The first-order valence-electron chi connectivity index (χ1n) is 4.60. The zero-order valence-electron chi connectivity index (χ0n) is 8.03. The van der Waals surface area contributed by atoms with E-state index in [-0.39, 0.29) is 12.2 Å². The third kappa shape index (κ3) is 3.24. The van der Waals surface area contributed by atoms with Crippen LogP contribution in [0.3, 0.4) is 0 Å². The summed E-state index contributed by atoms with van der Waals surface area (Å²) in [5.41, 5.74) is 0.645. The number of benzene rings is 1. The maximum atomic E-state index is 11.6. The van der Waals surface area contributed by atoms with Crippen LogP contribution in [-0.4, -0.2) is 17.0 Å². The minimum absolute atomic E-state index is 0.0133. The number of Topliss-reactive ketones (excluding diaryl/α,β-unsaturated/α-hetero) is 1. The van der Waals surface area contributed by atoms with Gasteiger partial charge in [-0.2, -0.15) is 0 Å². The van der Waals surface area contributed by atoms with Crippen LogP contribution in [0.25, 0.3) is 0 Å². The van der Waals surface area contributed by atoms with Crippen LogP contribution in [-0.2, 0) is 0 Å². The summed E-state index contributed by atoms with van der Waals surface area (Å²) in [6.07, 6.45) is 0.286. The molecule has 1 N–H and O–H groups in total. The fourth-order valence-electron chi connectivity index (χ4n) is 1.14. The van der Waals surface area contributed by atoms with Crippen LogP contribution in [0.1, 0.15) is 30.1 Å². The van der Waals surface area contributed by atoms with Crippen molar-refractivity contribution in [1.29, 1.82) is 0 Å². The van der Waals surface area contributed by atoms with Gasteiger partial charge in [0.05, 0.1) is 6.10 Å². The van der Waals surface area contributed by atoms with E-state index < -0.39 is 6.10 Å². The number of rotatable bonds is 4. The normalized spacial score (nSPS) is 12.5. The van der Waals surface area contributed by atoms with Crippen LogP contribution < -0.4 is 0 Å². The maximum absolute atomic E-state index is 11.6. The second-order valence-corrected chi connectivity index (χ2v) is 4.12. The highest BCUT2D eigenvalue weighted by molar-refractivity contribution is 9.10. The number of hydrogen-bond donors (Lipinski definition) is 1. The van der Waals surface area contributed by atoms with Crippen molar-refractivity contribution in [2.45, 2.75) is 25.9 Å². The summed E-state index contributed by atoms with van der Waals surface area (Å²) in [5.74, 6) is -0.0133. The Kier molecular flexibility index (Phi) is 4.29. The van der Waals surface area contributed by atoms with E-state index in [1.165, 1.54) is 0 Å². The number of hydrogen-bond acceptors (Lipinski definition) is 2. The largest absolute Gasteiger partial charge is 0.393 e. The van der Waals surface area contributed by atoms with Gasteiger partial charge in [0.1, 0.15) is 0 Å². The molecule has 1 atom stereocenters. The first kappa shape index (κ1) is 11.4. The standard InChI is InChI=1S/C11H13BrO2/c1-2-10(13)7-11(14)8-4-3-5-9(12)6-8/h3-6,10,13H,2,7H2,1H3. The van der Waals surface area contributed by atoms with E-state index in [1.807, 2.05) is 19.1 Å². The Bertz CT molecular complexity index is 323. The highest BCUT2D eigenvalue weighted by atomic mass is 79.9. The second-order valence-electron chi connectivity index (χ2n) is 3.20. The van der Waals surface area contributed by atoms with E-state index in [9.17, 15) is 9.90 Å². The lowest BCUT2D eigenvalue weighted by Crippen LogP contribution is -2.12. The summed E-state index contributed by atoms with van der Waals surface area (Å²) < 4.78 is 0.884. The van der Waals surface area contributed by atoms with Gasteiger partial charge < -0.3 is 5.11 Å². The third-order valence-electron chi connectivity index (χ3n) is 2.04. The van der Waals surface area contributed by atoms with Crippen molar-refractivity contribution >= 4 is 21.7 Å². The lowest BCUT2D eigenvalue weighted by atomic mass is 10.0. The smallest absolute Gasteiger partial charge is 0.165 e. The van der Waals surface area contributed by atoms with Crippen molar-refractivity contribution in [1.82, 2.24) is 0 Å². The van der Waals surface area contributed by atoms with Crippen molar-refractivity contribution < 1.29 is 9.90 Å². The molecule has 0 aliphatic carbocycles. The minimum Gasteiger partial charge on any atom is -0.393 e. The summed E-state index contributed by atoms with van der Waals surface area (Å²) in [7, 11) is 0. The molecule has 0 fully saturated rings. The molecule has 1 aromatic rings. The zero-order chi connectivity index (χ0) is 10.6. The average Bonchev–Trinajstić information content (AvgIpc) is 2.17. The Morgan fingerprint density at radius 2 is 2.29 bits per heavy atom. The van der Waals surface area contributed by atoms with Crippen molar-refractivity contribution in [3.8, 4) is 0 Å². The predicted octanol–water partition coefficient (Wildman–Crippen LogP) is 2.79. The molecule has 0 aliphatic rings. The van der Waals surface area contributed by atoms with E-state index in [4.69, 9.17) is 0 Å². The summed E-state index contributed by atoms with van der Waals surface area (Å²) in [4.78, 5) is 11.6. The van der Waals surface area contributed by atoms with Gasteiger partial charge in [0, 0.05) is 16.5 Å². The molecule has 0 saturated carbocycles. The maximum Gasteiger partial charge on any atom is 0.165 e. The predicted molar refractivity (Wildman–Crippen MR) is 59.4 cm³/mol. The fourth-order valence-corrected chi connectivity index (χ4v) is 1.54. The molecule has 76 valence electrons. The van der Waals surface area contributed by atoms with Gasteiger partial charge in [-0.3, -0.25) is 4.79 Å². The van der Waals surface area contributed by atoms with Crippen LogP contribution in [0, 0.1) is 0 Å². The Balaban J connectivity index is 2.70. The lowest BCUT2D eigenvalue weighted by Gasteiger charge is -2.06. The van der Waals surface area contributed by atoms with E-state index >= 15 is 0 Å². The molecule has 0 radical (unpaired) electrons. The first-order valence-corrected chi connectivity index (χ1v) is 5.39. The Morgan fingerprint density at radius 1 is 1.57 bits per heavy atom. The van der Waals surface area contributed by atoms with Gasteiger partial charge >= 0.3 is 0 Å². The molecule has 0 aliphatic heterocycles. The van der Waals surface area contributed by atoms with Crippen molar-refractivity contribution in [2.24, 2.45) is 0 Å². The Morgan fingerprint density at radius 3 is 2.86 bits per heavy atom. The molecule has 0 spiro atoms. The Hall–Kier alpha value is -0.670. The van der Waals surface area contributed by atoms with Crippen molar-refractivity contribution in [3.63, 3.8) is 0 Å². The molecule has 0 heterocycles. The summed E-state index contributed by atoms with van der Waals surface area (Å²) in [5, 5.41) is 9.33. The second kappa shape index (κ2) is 5.27. The first-order chi connectivity index (χ1) is 6.63. The van der Waals surface area contributed by atoms with Gasteiger partial charge in [0.25, 0.3) is 0 Å². The number of ketones is 1. The number of aliphatic hydroxyl groups excluding tert-OH is 1.